The maximum Gasteiger partial charge on any atom is 0.238 e. The van der Waals surface area contributed by atoms with Crippen molar-refractivity contribution in [3.05, 3.63) is 36.0 Å². The Bertz CT molecular complexity index is 577. The van der Waals surface area contributed by atoms with Gasteiger partial charge in [-0.05, 0) is 38.7 Å². The number of hydrogen-bond acceptors (Lipinski definition) is 2. The first-order valence-corrected chi connectivity index (χ1v) is 7.17. The van der Waals surface area contributed by atoms with Gasteiger partial charge in [0.05, 0.1) is 16.8 Å². The first-order valence-electron chi connectivity index (χ1n) is 7.17. The van der Waals surface area contributed by atoms with Crippen LogP contribution in [0.15, 0.2) is 30.3 Å². The summed E-state index contributed by atoms with van der Waals surface area (Å²) in [5.41, 5.74) is 2.86. The van der Waals surface area contributed by atoms with E-state index in [0.717, 1.165) is 23.2 Å². The first kappa shape index (κ1) is 14.6. The molecule has 0 aliphatic carbocycles. The minimum atomic E-state index is -0.144. The lowest BCUT2D eigenvalue weighted by Crippen LogP contribution is -2.26. The van der Waals surface area contributed by atoms with Gasteiger partial charge in [-0.2, -0.15) is 0 Å². The summed E-state index contributed by atoms with van der Waals surface area (Å²) < 4.78 is 1.96. The number of nitrogens with zero attached hydrogens (tertiary/aromatic N) is 2. The van der Waals surface area contributed by atoms with Crippen LogP contribution in [0.1, 0.15) is 40.3 Å². The Kier molecular flexibility index (Phi) is 3.89. The zero-order valence-corrected chi connectivity index (χ0v) is 13.0. The summed E-state index contributed by atoms with van der Waals surface area (Å²) in [7, 11) is 0. The van der Waals surface area contributed by atoms with Crippen molar-refractivity contribution in [1.29, 1.82) is 0 Å². The number of rotatable bonds is 3. The predicted molar refractivity (Wildman–Crippen MR) is 82.9 cm³/mol. The molecule has 0 aliphatic heterocycles. The Labute approximate surface area is 121 Å². The third kappa shape index (κ3) is 2.87. The van der Waals surface area contributed by atoms with Gasteiger partial charge in [0.15, 0.2) is 0 Å². The fourth-order valence-corrected chi connectivity index (χ4v) is 2.47. The van der Waals surface area contributed by atoms with Gasteiger partial charge in [-0.1, -0.05) is 44.2 Å². The Balaban J connectivity index is 2.64. The van der Waals surface area contributed by atoms with Crippen LogP contribution in [0.3, 0.4) is 0 Å². The van der Waals surface area contributed by atoms with Crippen molar-refractivity contribution in [2.45, 2.75) is 46.6 Å². The second-order valence-electron chi connectivity index (χ2n) is 6.69. The number of aromatic nitrogens is 2. The Morgan fingerprint density at radius 1 is 1.15 bits per heavy atom. The van der Waals surface area contributed by atoms with Gasteiger partial charge < -0.3 is 5.11 Å². The van der Waals surface area contributed by atoms with Crippen LogP contribution in [-0.2, 0) is 12.0 Å². The molecular weight excluding hydrogens is 248 g/mol. The molecule has 0 amide bonds. The monoisotopic (exact) mass is 272 g/mol. The molecule has 3 nitrogen and oxygen atoms in total. The molecule has 1 N–H and O–H groups in total. The van der Waals surface area contributed by atoms with E-state index in [1.807, 2.05) is 35.0 Å². The average Bonchev–Trinajstić information content (AvgIpc) is 2.66. The molecule has 1 heterocycles. The van der Waals surface area contributed by atoms with Crippen LogP contribution in [0.5, 0.6) is 5.88 Å². The molecule has 2 aromatic rings. The lowest BCUT2D eigenvalue weighted by molar-refractivity contribution is 0.325. The minimum Gasteiger partial charge on any atom is -0.492 e. The van der Waals surface area contributed by atoms with Crippen molar-refractivity contribution in [3.8, 4) is 17.0 Å². The van der Waals surface area contributed by atoms with E-state index >= 15 is 0 Å². The summed E-state index contributed by atoms with van der Waals surface area (Å²) in [6.07, 6.45) is 0.898. The molecule has 0 fully saturated rings. The van der Waals surface area contributed by atoms with Gasteiger partial charge in [0, 0.05) is 0 Å². The van der Waals surface area contributed by atoms with Crippen LogP contribution < -0.4 is 0 Å². The van der Waals surface area contributed by atoms with Gasteiger partial charge in [-0.3, -0.25) is 4.68 Å². The third-order valence-electron chi connectivity index (χ3n) is 3.26. The smallest absolute Gasteiger partial charge is 0.238 e. The van der Waals surface area contributed by atoms with E-state index in [9.17, 15) is 5.11 Å². The van der Waals surface area contributed by atoms with Crippen molar-refractivity contribution in [3.63, 3.8) is 0 Å². The average molecular weight is 272 g/mol. The highest BCUT2D eigenvalue weighted by molar-refractivity contribution is 5.71. The minimum absolute atomic E-state index is 0.127. The largest absolute Gasteiger partial charge is 0.492 e. The Morgan fingerprint density at radius 2 is 1.75 bits per heavy atom. The van der Waals surface area contributed by atoms with Gasteiger partial charge in [0.25, 0.3) is 0 Å². The molecule has 0 unspecified atom stereocenters. The van der Waals surface area contributed by atoms with Crippen LogP contribution >= 0.6 is 0 Å². The molecule has 3 heteroatoms. The van der Waals surface area contributed by atoms with Crippen LogP contribution in [0.25, 0.3) is 11.1 Å². The topological polar surface area (TPSA) is 38.1 Å². The highest BCUT2D eigenvalue weighted by Crippen LogP contribution is 2.36. The molecule has 0 spiro atoms. The van der Waals surface area contributed by atoms with E-state index in [4.69, 9.17) is 0 Å². The Hall–Kier alpha value is -1.77. The van der Waals surface area contributed by atoms with Crippen molar-refractivity contribution in [2.24, 2.45) is 5.92 Å². The highest BCUT2D eigenvalue weighted by atomic mass is 16.3. The summed E-state index contributed by atoms with van der Waals surface area (Å²) >= 11 is 0. The third-order valence-corrected chi connectivity index (χ3v) is 3.26. The zero-order chi connectivity index (χ0) is 14.9. The fourth-order valence-electron chi connectivity index (χ4n) is 2.47. The zero-order valence-electron chi connectivity index (χ0n) is 13.0. The van der Waals surface area contributed by atoms with Crippen LogP contribution in [0.4, 0.5) is 0 Å². The van der Waals surface area contributed by atoms with Crippen LogP contribution in [0, 0.1) is 5.92 Å². The summed E-state index contributed by atoms with van der Waals surface area (Å²) in [6, 6.07) is 10.0. The van der Waals surface area contributed by atoms with Crippen molar-refractivity contribution in [2.75, 3.05) is 0 Å². The van der Waals surface area contributed by atoms with Gasteiger partial charge in [0.1, 0.15) is 0 Å². The van der Waals surface area contributed by atoms with E-state index in [1.165, 1.54) is 0 Å². The van der Waals surface area contributed by atoms with Gasteiger partial charge in [-0.15, -0.1) is 5.10 Å². The summed E-state index contributed by atoms with van der Waals surface area (Å²) in [5, 5.41) is 14.7. The van der Waals surface area contributed by atoms with Gasteiger partial charge in [0.2, 0.25) is 5.88 Å². The quantitative estimate of drug-likeness (QED) is 0.909. The molecular formula is C17H24N2O. The van der Waals surface area contributed by atoms with Crippen molar-refractivity contribution >= 4 is 0 Å². The lowest BCUT2D eigenvalue weighted by Gasteiger charge is -2.23. The fraction of sp³-hybridized carbons (Fsp3) is 0.471. The molecule has 0 radical (unpaired) electrons. The summed E-state index contributed by atoms with van der Waals surface area (Å²) in [6.45, 7) is 10.7. The number of hydrogen-bond donors (Lipinski definition) is 1. The predicted octanol–water partition coefficient (Wildman–Crippen LogP) is 4.21. The van der Waals surface area contributed by atoms with E-state index < -0.39 is 0 Å². The molecule has 0 aliphatic rings. The van der Waals surface area contributed by atoms with E-state index in [0.29, 0.717) is 5.92 Å². The molecule has 0 saturated heterocycles. The molecule has 0 atom stereocenters. The molecule has 2 rings (SSSR count). The first-order chi connectivity index (χ1) is 9.30. The van der Waals surface area contributed by atoms with Crippen molar-refractivity contribution < 1.29 is 5.11 Å². The van der Waals surface area contributed by atoms with E-state index in [2.05, 4.69) is 39.7 Å². The molecule has 1 aromatic carbocycles. The van der Waals surface area contributed by atoms with Gasteiger partial charge in [-0.25, -0.2) is 0 Å². The number of benzene rings is 1. The van der Waals surface area contributed by atoms with E-state index in [1.54, 1.807) is 0 Å². The van der Waals surface area contributed by atoms with Crippen LogP contribution in [0.2, 0.25) is 0 Å². The van der Waals surface area contributed by atoms with Crippen LogP contribution in [-0.4, -0.2) is 14.9 Å². The molecule has 1 aromatic heterocycles. The SMILES string of the molecule is CC(C)Cc1c(-c2ccccc2)c(O)nn1C(C)(C)C. The van der Waals surface area contributed by atoms with E-state index in [-0.39, 0.29) is 11.4 Å². The number of aromatic hydroxyl groups is 1. The highest BCUT2D eigenvalue weighted by Gasteiger charge is 2.25. The van der Waals surface area contributed by atoms with Gasteiger partial charge >= 0.3 is 0 Å². The maximum atomic E-state index is 10.3. The maximum absolute atomic E-state index is 10.3. The Morgan fingerprint density at radius 3 is 2.25 bits per heavy atom. The molecule has 0 saturated carbocycles. The summed E-state index contributed by atoms with van der Waals surface area (Å²) in [5.74, 6) is 0.636. The lowest BCUT2D eigenvalue weighted by atomic mass is 9.98. The standard InChI is InChI=1S/C17H24N2O/c1-12(2)11-14-15(13-9-7-6-8-10-13)16(20)18-19(14)17(3,4)5/h6-10,12H,11H2,1-5H3,(H,18,20). The molecule has 0 bridgehead atoms. The summed E-state index contributed by atoms with van der Waals surface area (Å²) in [4.78, 5) is 0. The normalized spacial score (nSPS) is 12.1. The second kappa shape index (κ2) is 5.31. The molecule has 20 heavy (non-hydrogen) atoms. The second-order valence-corrected chi connectivity index (χ2v) is 6.69. The molecule has 108 valence electrons. The van der Waals surface area contributed by atoms with Crippen molar-refractivity contribution in [1.82, 2.24) is 9.78 Å².